The fraction of sp³-hybridized carbons (Fsp3) is 0.273. The lowest BCUT2D eigenvalue weighted by Gasteiger charge is -2.24. The quantitative estimate of drug-likeness (QED) is 0.628. The summed E-state index contributed by atoms with van der Waals surface area (Å²) >= 11 is 0. The van der Waals surface area contributed by atoms with Crippen LogP contribution in [0.25, 0.3) is 0 Å². The summed E-state index contributed by atoms with van der Waals surface area (Å²) in [6.07, 6.45) is 0.657. The maximum absolute atomic E-state index is 12.6. The van der Waals surface area contributed by atoms with E-state index in [0.717, 1.165) is 16.9 Å². The summed E-state index contributed by atoms with van der Waals surface area (Å²) in [5, 5.41) is 13.7. The predicted molar refractivity (Wildman–Crippen MR) is 110 cm³/mol. The molecule has 2 amide bonds. The number of fused-ring (bicyclic) bond motifs is 1. The molecule has 2 aromatic carbocycles. The van der Waals surface area contributed by atoms with Crippen LogP contribution < -0.4 is 15.4 Å². The number of nitrogens with one attached hydrogen (secondary N) is 2. The van der Waals surface area contributed by atoms with Crippen LogP contribution in [0.2, 0.25) is 0 Å². The van der Waals surface area contributed by atoms with E-state index < -0.39 is 5.91 Å². The van der Waals surface area contributed by atoms with E-state index in [1.165, 1.54) is 4.68 Å². The molecule has 0 aliphatic carbocycles. The van der Waals surface area contributed by atoms with E-state index >= 15 is 0 Å². The number of nitrogens with zero attached hydrogens (tertiary/aromatic N) is 3. The second-order valence-electron chi connectivity index (χ2n) is 6.99. The summed E-state index contributed by atoms with van der Waals surface area (Å²) in [6.45, 7) is 3.41. The molecule has 1 aliphatic rings. The van der Waals surface area contributed by atoms with Crippen molar-refractivity contribution in [2.24, 2.45) is 0 Å². The van der Waals surface area contributed by atoms with E-state index in [1.54, 1.807) is 0 Å². The van der Waals surface area contributed by atoms with E-state index in [9.17, 15) is 9.59 Å². The Morgan fingerprint density at radius 2 is 1.97 bits per heavy atom. The van der Waals surface area contributed by atoms with Crippen molar-refractivity contribution in [3.8, 4) is 5.75 Å². The van der Waals surface area contributed by atoms with Gasteiger partial charge in [0.15, 0.2) is 11.4 Å². The van der Waals surface area contributed by atoms with E-state index in [2.05, 4.69) is 20.9 Å². The van der Waals surface area contributed by atoms with Crippen LogP contribution in [0.3, 0.4) is 0 Å². The molecule has 30 heavy (non-hydrogen) atoms. The topological polar surface area (TPSA) is 98.1 Å². The first-order valence-corrected chi connectivity index (χ1v) is 9.95. The Labute approximate surface area is 174 Å². The molecule has 0 fully saturated rings. The van der Waals surface area contributed by atoms with Gasteiger partial charge in [-0.25, -0.2) is 4.68 Å². The Bertz CT molecular complexity index is 1030. The van der Waals surface area contributed by atoms with Gasteiger partial charge in [0, 0.05) is 6.54 Å². The summed E-state index contributed by atoms with van der Waals surface area (Å²) in [4.78, 5) is 25.2. The van der Waals surface area contributed by atoms with Crippen LogP contribution in [-0.2, 0) is 13.0 Å². The van der Waals surface area contributed by atoms with Gasteiger partial charge in [-0.05, 0) is 36.6 Å². The summed E-state index contributed by atoms with van der Waals surface area (Å²) < 4.78 is 6.92. The molecule has 0 spiro atoms. The van der Waals surface area contributed by atoms with Crippen molar-refractivity contribution in [2.45, 2.75) is 25.9 Å². The van der Waals surface area contributed by atoms with E-state index in [-0.39, 0.29) is 23.3 Å². The first-order chi connectivity index (χ1) is 14.7. The van der Waals surface area contributed by atoms with Gasteiger partial charge in [0.25, 0.3) is 11.8 Å². The van der Waals surface area contributed by atoms with Gasteiger partial charge in [-0.1, -0.05) is 47.7 Å². The number of carbonyl (C=O) groups excluding carboxylic acids is 2. The van der Waals surface area contributed by atoms with Crippen molar-refractivity contribution in [3.63, 3.8) is 0 Å². The molecule has 1 atom stereocenters. The monoisotopic (exact) mass is 405 g/mol. The molecule has 2 N–H and O–H groups in total. The van der Waals surface area contributed by atoms with Crippen molar-refractivity contribution in [2.75, 3.05) is 13.2 Å². The van der Waals surface area contributed by atoms with Gasteiger partial charge in [-0.2, -0.15) is 0 Å². The van der Waals surface area contributed by atoms with Crippen molar-refractivity contribution in [1.82, 2.24) is 25.6 Å². The lowest BCUT2D eigenvalue weighted by molar-refractivity contribution is 0.0876. The molecule has 2 heterocycles. The van der Waals surface area contributed by atoms with Gasteiger partial charge in [-0.3, -0.25) is 9.59 Å². The molecule has 3 aromatic rings. The minimum atomic E-state index is -0.407. The Balaban J connectivity index is 1.38. The van der Waals surface area contributed by atoms with Crippen LogP contribution in [-0.4, -0.2) is 40.0 Å². The van der Waals surface area contributed by atoms with Crippen LogP contribution in [0.1, 0.15) is 45.1 Å². The fourth-order valence-electron chi connectivity index (χ4n) is 3.46. The van der Waals surface area contributed by atoms with Crippen molar-refractivity contribution < 1.29 is 14.3 Å². The third-order valence-corrected chi connectivity index (χ3v) is 4.96. The van der Waals surface area contributed by atoms with Crippen LogP contribution >= 0.6 is 0 Å². The third-order valence-electron chi connectivity index (χ3n) is 4.96. The first-order valence-electron chi connectivity index (χ1n) is 9.95. The zero-order valence-corrected chi connectivity index (χ0v) is 16.7. The standard InChI is InChI=1S/C22H23N5O3/c1-2-30-17-10-8-15(9-11-17)12-13-23-21(28)19-20-22(29)24-18(14-27(20)26-25-19)16-6-4-3-5-7-16/h3-11,18H,2,12-14H2,1H3,(H,23,28)(H,24,29). The zero-order chi connectivity index (χ0) is 20.9. The number of amides is 2. The van der Waals surface area contributed by atoms with E-state index in [0.29, 0.717) is 26.1 Å². The van der Waals surface area contributed by atoms with Crippen LogP contribution in [0.5, 0.6) is 5.75 Å². The molecule has 154 valence electrons. The minimum Gasteiger partial charge on any atom is -0.494 e. The largest absolute Gasteiger partial charge is 0.494 e. The van der Waals surface area contributed by atoms with Gasteiger partial charge < -0.3 is 15.4 Å². The van der Waals surface area contributed by atoms with Gasteiger partial charge in [0.2, 0.25) is 0 Å². The second kappa shape index (κ2) is 8.77. The molecule has 0 saturated carbocycles. The van der Waals surface area contributed by atoms with Gasteiger partial charge in [-0.15, -0.1) is 5.10 Å². The molecule has 1 unspecified atom stereocenters. The molecule has 8 nitrogen and oxygen atoms in total. The smallest absolute Gasteiger partial charge is 0.274 e. The Hall–Kier alpha value is -3.68. The number of rotatable bonds is 7. The van der Waals surface area contributed by atoms with Gasteiger partial charge >= 0.3 is 0 Å². The number of carbonyl (C=O) groups is 2. The molecular formula is C22H23N5O3. The minimum absolute atomic E-state index is 0.0469. The first kappa shape index (κ1) is 19.6. The highest BCUT2D eigenvalue weighted by molar-refractivity contribution is 6.05. The highest BCUT2D eigenvalue weighted by Crippen LogP contribution is 2.21. The maximum Gasteiger partial charge on any atom is 0.274 e. The van der Waals surface area contributed by atoms with E-state index in [1.807, 2.05) is 61.5 Å². The van der Waals surface area contributed by atoms with Crippen molar-refractivity contribution >= 4 is 11.8 Å². The Morgan fingerprint density at radius 3 is 2.70 bits per heavy atom. The number of benzene rings is 2. The SMILES string of the molecule is CCOc1ccc(CCNC(=O)c2nnn3c2C(=O)NC(c2ccccc2)C3)cc1. The summed E-state index contributed by atoms with van der Waals surface area (Å²) in [5.74, 6) is 0.0630. The number of ether oxygens (including phenoxy) is 1. The molecule has 4 rings (SSSR count). The third kappa shape index (κ3) is 4.17. The normalized spacial score (nSPS) is 15.2. The van der Waals surface area contributed by atoms with Crippen LogP contribution in [0.15, 0.2) is 54.6 Å². The molecule has 0 bridgehead atoms. The molecular weight excluding hydrogens is 382 g/mol. The lowest BCUT2D eigenvalue weighted by atomic mass is 10.0. The maximum atomic E-state index is 12.6. The molecule has 0 saturated heterocycles. The molecule has 1 aliphatic heterocycles. The highest BCUT2D eigenvalue weighted by atomic mass is 16.5. The average molecular weight is 405 g/mol. The average Bonchev–Trinajstić information content (AvgIpc) is 3.21. The summed E-state index contributed by atoms with van der Waals surface area (Å²) in [6, 6.07) is 17.2. The lowest BCUT2D eigenvalue weighted by Crippen LogP contribution is -2.40. The fourth-order valence-corrected chi connectivity index (χ4v) is 3.46. The highest BCUT2D eigenvalue weighted by Gasteiger charge is 2.32. The van der Waals surface area contributed by atoms with Crippen molar-refractivity contribution in [1.29, 1.82) is 0 Å². The Morgan fingerprint density at radius 1 is 1.20 bits per heavy atom. The number of hydrogen-bond donors (Lipinski definition) is 2. The molecule has 0 radical (unpaired) electrons. The second-order valence-corrected chi connectivity index (χ2v) is 6.99. The predicted octanol–water partition coefficient (Wildman–Crippen LogP) is 2.13. The van der Waals surface area contributed by atoms with Gasteiger partial charge in [0.05, 0.1) is 19.2 Å². The molecule has 1 aromatic heterocycles. The number of aromatic nitrogens is 3. The Kier molecular flexibility index (Phi) is 5.74. The summed E-state index contributed by atoms with van der Waals surface area (Å²) in [7, 11) is 0. The van der Waals surface area contributed by atoms with Crippen molar-refractivity contribution in [3.05, 3.63) is 77.1 Å². The van der Waals surface area contributed by atoms with Crippen LogP contribution in [0.4, 0.5) is 0 Å². The molecule has 8 heteroatoms. The van der Waals surface area contributed by atoms with E-state index in [4.69, 9.17) is 4.74 Å². The number of hydrogen-bond acceptors (Lipinski definition) is 5. The van der Waals surface area contributed by atoms with Gasteiger partial charge in [0.1, 0.15) is 5.75 Å². The van der Waals surface area contributed by atoms with Crippen LogP contribution in [0, 0.1) is 0 Å². The zero-order valence-electron chi connectivity index (χ0n) is 16.7. The summed E-state index contributed by atoms with van der Waals surface area (Å²) in [5.41, 5.74) is 2.30.